The molecule has 0 aliphatic heterocycles. The number of hydrogen-bond acceptors (Lipinski definition) is 0. The van der Waals surface area contributed by atoms with Gasteiger partial charge in [-0.1, -0.05) is 18.2 Å². The van der Waals surface area contributed by atoms with Gasteiger partial charge in [-0.05, 0) is 41.5 Å². The number of rotatable bonds is 3. The quantitative estimate of drug-likeness (QED) is 0.595. The van der Waals surface area contributed by atoms with Crippen LogP contribution in [0.2, 0.25) is 0 Å². The van der Waals surface area contributed by atoms with Crippen LogP contribution < -0.4 is 0 Å². The van der Waals surface area contributed by atoms with Gasteiger partial charge in [0.1, 0.15) is 16.7 Å². The molecule has 0 heteroatoms. The van der Waals surface area contributed by atoms with Gasteiger partial charge in [-0.25, -0.2) is 0 Å². The Bertz CT molecular complexity index is 936. The van der Waals surface area contributed by atoms with Crippen molar-refractivity contribution in [1.29, 1.82) is 0 Å². The second-order valence-corrected chi connectivity index (χ2v) is 6.27. The predicted molar refractivity (Wildman–Crippen MR) is 111 cm³/mol. The van der Waals surface area contributed by atoms with E-state index in [0.29, 0.717) is 0 Å². The summed E-state index contributed by atoms with van der Waals surface area (Å²) in [6.45, 7) is 0. The maximum atomic E-state index is 3.48. The Morgan fingerprint density at radius 2 is 1.26 bits per heavy atom. The van der Waals surface area contributed by atoms with E-state index < -0.39 is 0 Å². The molecule has 0 saturated heterocycles. The van der Waals surface area contributed by atoms with Crippen molar-refractivity contribution in [3.63, 3.8) is 0 Å². The van der Waals surface area contributed by atoms with Crippen LogP contribution in [0, 0.1) is 37.5 Å². The van der Waals surface area contributed by atoms with Crippen molar-refractivity contribution >= 4 is 0 Å². The van der Waals surface area contributed by atoms with E-state index in [1.807, 2.05) is 55.3 Å². The summed E-state index contributed by atoms with van der Waals surface area (Å²) < 4.78 is 0. The lowest BCUT2D eigenvalue weighted by molar-refractivity contribution is 1.32. The summed E-state index contributed by atoms with van der Waals surface area (Å²) in [6, 6.07) is 10.2. The lowest BCUT2D eigenvalue weighted by Crippen LogP contribution is -1.97. The largest absolute Gasteiger partial charge is 0.171 e. The van der Waals surface area contributed by atoms with Crippen molar-refractivity contribution in [2.75, 3.05) is 0 Å². The summed E-state index contributed by atoms with van der Waals surface area (Å²) >= 11 is 0. The van der Waals surface area contributed by atoms with Crippen molar-refractivity contribution in [1.82, 2.24) is 0 Å². The van der Waals surface area contributed by atoms with Gasteiger partial charge in [0.05, 0.1) is 5.56 Å². The minimum atomic E-state index is 1.01. The Morgan fingerprint density at radius 3 is 1.93 bits per heavy atom. The van der Waals surface area contributed by atoms with E-state index in [-0.39, 0.29) is 0 Å². The molecule has 1 aromatic rings. The Kier molecular flexibility index (Phi) is 4.98. The third kappa shape index (κ3) is 4.65. The fourth-order valence-corrected chi connectivity index (χ4v) is 2.91. The van der Waals surface area contributed by atoms with Crippen LogP contribution in [0.3, 0.4) is 0 Å². The van der Waals surface area contributed by atoms with Crippen LogP contribution in [-0.2, 0) is 0 Å². The van der Waals surface area contributed by atoms with E-state index in [0.717, 1.165) is 33.4 Å². The molecular formula is C27H18. The topological polar surface area (TPSA) is 0 Å². The molecule has 3 aliphatic carbocycles. The molecule has 0 heterocycles. The van der Waals surface area contributed by atoms with Crippen LogP contribution in [-0.4, -0.2) is 0 Å². The van der Waals surface area contributed by atoms with E-state index in [4.69, 9.17) is 0 Å². The minimum Gasteiger partial charge on any atom is -0.171 e. The second-order valence-electron chi connectivity index (χ2n) is 6.27. The molecular weight excluding hydrogens is 324 g/mol. The van der Waals surface area contributed by atoms with Crippen LogP contribution in [0.1, 0.15) is 5.56 Å². The third-order valence-corrected chi connectivity index (χ3v) is 4.12. The molecule has 3 aliphatic rings. The summed E-state index contributed by atoms with van der Waals surface area (Å²) in [5, 5.41) is 0. The van der Waals surface area contributed by atoms with Gasteiger partial charge in [-0.3, -0.25) is 0 Å². The molecule has 0 spiro atoms. The molecule has 0 aromatic heterocycles. The minimum absolute atomic E-state index is 1.01. The molecule has 0 fully saturated rings. The lowest BCUT2D eigenvalue weighted by Gasteiger charge is -2.09. The number of benzene rings is 1. The molecule has 0 saturated carbocycles. The van der Waals surface area contributed by atoms with E-state index in [1.54, 1.807) is 0 Å². The van der Waals surface area contributed by atoms with Crippen LogP contribution in [0.15, 0.2) is 119 Å². The number of allylic oxidation sites excluding steroid dienone is 17. The predicted octanol–water partition coefficient (Wildman–Crippen LogP) is 5.95. The summed E-state index contributed by atoms with van der Waals surface area (Å²) in [4.78, 5) is 0. The summed E-state index contributed by atoms with van der Waals surface area (Å²) in [5.74, 6) is 0. The van der Waals surface area contributed by atoms with Gasteiger partial charge in [0.15, 0.2) is 0 Å². The van der Waals surface area contributed by atoms with Crippen LogP contribution >= 0.6 is 0 Å². The SMILES string of the molecule is [C+](=C1C=C[CH-]C=C1)C1=CC(=[C+]c2ccccc2)[CH-]C([C+]=C2C=C[CH-]C=C2)=C1. The first-order valence-electron chi connectivity index (χ1n) is 8.96. The summed E-state index contributed by atoms with van der Waals surface area (Å²) in [7, 11) is 0. The van der Waals surface area contributed by atoms with Gasteiger partial charge >= 0.3 is 0 Å². The van der Waals surface area contributed by atoms with Crippen LogP contribution in [0.4, 0.5) is 0 Å². The van der Waals surface area contributed by atoms with E-state index in [2.05, 4.69) is 73.2 Å². The highest BCUT2D eigenvalue weighted by Gasteiger charge is 2.18. The second kappa shape index (κ2) is 8.07. The zero-order valence-corrected chi connectivity index (χ0v) is 14.9. The van der Waals surface area contributed by atoms with Crippen molar-refractivity contribution in [3.8, 4) is 0 Å². The molecule has 4 rings (SSSR count). The molecule has 0 N–H and O–H groups in total. The first-order chi connectivity index (χ1) is 13.3. The van der Waals surface area contributed by atoms with Gasteiger partial charge in [0.2, 0.25) is 0 Å². The Balaban J connectivity index is 1.69. The molecule has 0 radical (unpaired) electrons. The molecule has 0 nitrogen and oxygen atoms in total. The van der Waals surface area contributed by atoms with Crippen molar-refractivity contribution < 1.29 is 0 Å². The van der Waals surface area contributed by atoms with Gasteiger partial charge in [0.25, 0.3) is 0 Å². The molecule has 126 valence electrons. The van der Waals surface area contributed by atoms with Gasteiger partial charge in [0, 0.05) is 18.6 Å². The van der Waals surface area contributed by atoms with E-state index in [1.165, 1.54) is 0 Å². The van der Waals surface area contributed by atoms with Crippen LogP contribution in [0.25, 0.3) is 0 Å². The lowest BCUT2D eigenvalue weighted by atomic mass is 9.90. The van der Waals surface area contributed by atoms with E-state index in [9.17, 15) is 0 Å². The average molecular weight is 342 g/mol. The highest BCUT2D eigenvalue weighted by atomic mass is 14.1. The Hall–Kier alpha value is -3.78. The van der Waals surface area contributed by atoms with E-state index >= 15 is 0 Å². The van der Waals surface area contributed by atoms with Crippen molar-refractivity contribution in [2.24, 2.45) is 0 Å². The van der Waals surface area contributed by atoms with Crippen molar-refractivity contribution in [3.05, 3.63) is 162 Å². The standard InChI is InChI=1S/C27H18/c1-4-10-22(11-5-1)16-25-19-26(17-23-12-6-2-7-13-23)21-27(20-25)18-24-14-8-3-9-15-24/h1-15,19-21H. The fraction of sp³-hybridized carbons (Fsp3) is 0. The summed E-state index contributed by atoms with van der Waals surface area (Å²) in [5.41, 5.74) is 6.21. The van der Waals surface area contributed by atoms with Gasteiger partial charge in [-0.15, -0.1) is 24.3 Å². The molecule has 0 amide bonds. The first-order valence-corrected chi connectivity index (χ1v) is 8.96. The maximum absolute atomic E-state index is 3.48. The zero-order chi connectivity index (χ0) is 18.3. The monoisotopic (exact) mass is 342 g/mol. The highest BCUT2D eigenvalue weighted by Crippen LogP contribution is 2.26. The highest BCUT2D eigenvalue weighted by molar-refractivity contribution is 5.57. The third-order valence-electron chi connectivity index (χ3n) is 4.12. The Morgan fingerprint density at radius 1 is 0.630 bits per heavy atom. The van der Waals surface area contributed by atoms with Crippen LogP contribution in [0.5, 0.6) is 0 Å². The molecule has 0 unspecified atom stereocenters. The van der Waals surface area contributed by atoms with Gasteiger partial charge in [-0.2, -0.15) is 37.1 Å². The maximum Gasteiger partial charge on any atom is 0.126 e. The molecule has 0 bridgehead atoms. The molecule has 0 atom stereocenters. The average Bonchev–Trinajstić information content (AvgIpc) is 2.70. The normalized spacial score (nSPS) is 18.4. The smallest absolute Gasteiger partial charge is 0.126 e. The zero-order valence-electron chi connectivity index (χ0n) is 14.9. The first kappa shape index (κ1) is 16.7. The Labute approximate surface area is 162 Å². The summed E-state index contributed by atoms with van der Waals surface area (Å²) in [6.07, 6.45) is 37.1. The number of hydrogen-bond donors (Lipinski definition) is 0. The molecule has 1 aromatic carbocycles. The van der Waals surface area contributed by atoms with Gasteiger partial charge < -0.3 is 0 Å². The molecule has 27 heavy (non-hydrogen) atoms. The fourth-order valence-electron chi connectivity index (χ4n) is 2.91. The van der Waals surface area contributed by atoms with Crippen molar-refractivity contribution in [2.45, 2.75) is 0 Å².